The van der Waals surface area contributed by atoms with Crippen molar-refractivity contribution < 1.29 is 9.47 Å². The minimum absolute atomic E-state index is 0.0248. The molecule has 23 heavy (non-hydrogen) atoms. The largest absolute Gasteiger partial charge is 0.383 e. The van der Waals surface area contributed by atoms with Gasteiger partial charge < -0.3 is 9.47 Å². The lowest BCUT2D eigenvalue weighted by atomic mass is 10.2. The lowest BCUT2D eigenvalue weighted by Gasteiger charge is -2.14. The molecular weight excluding hydrogens is 380 g/mol. The molecule has 124 valence electrons. The smallest absolute Gasteiger partial charge is 0.262 e. The van der Waals surface area contributed by atoms with E-state index in [1.165, 1.54) is 0 Å². The molecule has 7 heteroatoms. The van der Waals surface area contributed by atoms with Crippen molar-refractivity contribution in [1.29, 1.82) is 0 Å². The van der Waals surface area contributed by atoms with E-state index in [4.69, 9.17) is 9.47 Å². The molecule has 0 radical (unpaired) electrons. The van der Waals surface area contributed by atoms with Gasteiger partial charge in [-0.25, -0.2) is 4.98 Å². The van der Waals surface area contributed by atoms with Gasteiger partial charge in [-0.15, -0.1) is 0 Å². The van der Waals surface area contributed by atoms with Gasteiger partial charge in [0.25, 0.3) is 5.56 Å². The van der Waals surface area contributed by atoms with Gasteiger partial charge in [-0.3, -0.25) is 9.36 Å². The number of methoxy groups -OCH3 is 1. The van der Waals surface area contributed by atoms with Crippen LogP contribution in [0.5, 0.6) is 0 Å². The van der Waals surface area contributed by atoms with Crippen molar-refractivity contribution in [2.75, 3.05) is 26.1 Å². The van der Waals surface area contributed by atoms with E-state index in [1.54, 1.807) is 23.4 Å². The van der Waals surface area contributed by atoms with Crippen LogP contribution in [0.15, 0.2) is 32.6 Å². The molecule has 0 unspecified atom stereocenters. The lowest BCUT2D eigenvalue weighted by Crippen LogP contribution is -2.25. The SMILES string of the molecule is COCCn1c(SC[C@@H]2CCCO2)nc2ccc(Br)cc2c1=O. The van der Waals surface area contributed by atoms with Crippen LogP contribution in [-0.2, 0) is 16.0 Å². The molecule has 0 saturated carbocycles. The van der Waals surface area contributed by atoms with E-state index in [-0.39, 0.29) is 11.7 Å². The van der Waals surface area contributed by atoms with Crippen LogP contribution in [0, 0.1) is 0 Å². The monoisotopic (exact) mass is 398 g/mol. The standard InChI is InChI=1S/C16H19BrN2O3S/c1-21-8-6-19-15(20)13-9-11(17)4-5-14(13)18-16(19)23-10-12-3-2-7-22-12/h4-5,9,12H,2-3,6-8,10H2,1H3/t12-/m0/s1. The van der Waals surface area contributed by atoms with Gasteiger partial charge in [0, 0.05) is 23.9 Å². The zero-order chi connectivity index (χ0) is 16.2. The van der Waals surface area contributed by atoms with E-state index >= 15 is 0 Å². The fraction of sp³-hybridized carbons (Fsp3) is 0.500. The predicted molar refractivity (Wildman–Crippen MR) is 95.3 cm³/mol. The first kappa shape index (κ1) is 17.0. The number of nitrogens with zero attached hydrogens (tertiary/aromatic N) is 2. The Morgan fingerprint density at radius 2 is 2.39 bits per heavy atom. The summed E-state index contributed by atoms with van der Waals surface area (Å²) >= 11 is 5.00. The number of ether oxygens (including phenoxy) is 2. The summed E-state index contributed by atoms with van der Waals surface area (Å²) in [4.78, 5) is 17.5. The Morgan fingerprint density at radius 3 is 3.13 bits per heavy atom. The third-order valence-electron chi connectivity index (χ3n) is 3.82. The predicted octanol–water partition coefficient (Wildman–Crippen LogP) is 3.08. The highest BCUT2D eigenvalue weighted by molar-refractivity contribution is 9.10. The van der Waals surface area contributed by atoms with Gasteiger partial charge in [-0.05, 0) is 31.0 Å². The third kappa shape index (κ3) is 3.96. The van der Waals surface area contributed by atoms with E-state index in [9.17, 15) is 4.79 Å². The zero-order valence-electron chi connectivity index (χ0n) is 13.0. The van der Waals surface area contributed by atoms with Crippen LogP contribution in [-0.4, -0.2) is 41.7 Å². The Hall–Kier alpha value is -0.890. The second kappa shape index (κ2) is 7.79. The summed E-state index contributed by atoms with van der Waals surface area (Å²) in [6.07, 6.45) is 2.45. The maximum absolute atomic E-state index is 12.8. The fourth-order valence-corrected chi connectivity index (χ4v) is 4.06. The molecule has 2 heterocycles. The summed E-state index contributed by atoms with van der Waals surface area (Å²) in [7, 11) is 1.63. The van der Waals surface area contributed by atoms with Crippen molar-refractivity contribution in [3.05, 3.63) is 33.0 Å². The summed E-state index contributed by atoms with van der Waals surface area (Å²) in [6.45, 7) is 1.81. The highest BCUT2D eigenvalue weighted by Crippen LogP contribution is 2.24. The van der Waals surface area contributed by atoms with E-state index < -0.39 is 0 Å². The maximum atomic E-state index is 12.8. The van der Waals surface area contributed by atoms with Crippen molar-refractivity contribution in [3.8, 4) is 0 Å². The average molecular weight is 399 g/mol. The summed E-state index contributed by atoms with van der Waals surface area (Å²) in [6, 6.07) is 5.60. The molecule has 1 aromatic heterocycles. The minimum Gasteiger partial charge on any atom is -0.383 e. The number of thioether (sulfide) groups is 1. The maximum Gasteiger partial charge on any atom is 0.262 e. The highest BCUT2D eigenvalue weighted by atomic mass is 79.9. The summed E-state index contributed by atoms with van der Waals surface area (Å²) in [5.74, 6) is 0.821. The number of benzene rings is 1. The molecule has 2 aromatic rings. The Bertz CT molecular complexity index is 744. The Labute approximate surface area is 147 Å². The van der Waals surface area contributed by atoms with E-state index in [0.29, 0.717) is 18.5 Å². The fourth-order valence-electron chi connectivity index (χ4n) is 2.61. The van der Waals surface area contributed by atoms with Crippen molar-refractivity contribution >= 4 is 38.6 Å². The molecule has 1 aromatic carbocycles. The van der Waals surface area contributed by atoms with Gasteiger partial charge in [0.15, 0.2) is 5.16 Å². The topological polar surface area (TPSA) is 53.4 Å². The number of rotatable bonds is 6. The molecule has 1 aliphatic rings. The minimum atomic E-state index is -0.0248. The number of halogens is 1. The van der Waals surface area contributed by atoms with Crippen LogP contribution < -0.4 is 5.56 Å². The van der Waals surface area contributed by atoms with E-state index in [0.717, 1.165) is 40.3 Å². The van der Waals surface area contributed by atoms with Crippen LogP contribution in [0.1, 0.15) is 12.8 Å². The van der Waals surface area contributed by atoms with Gasteiger partial charge >= 0.3 is 0 Å². The van der Waals surface area contributed by atoms with Crippen LogP contribution in [0.2, 0.25) is 0 Å². The van der Waals surface area contributed by atoms with Gasteiger partial charge in [-0.1, -0.05) is 27.7 Å². The first-order valence-corrected chi connectivity index (χ1v) is 9.40. The first-order chi connectivity index (χ1) is 11.2. The average Bonchev–Trinajstić information content (AvgIpc) is 3.06. The molecular formula is C16H19BrN2O3S. The second-order valence-electron chi connectivity index (χ2n) is 5.45. The molecule has 3 rings (SSSR count). The normalized spacial score (nSPS) is 17.9. The highest BCUT2D eigenvalue weighted by Gasteiger charge is 2.18. The summed E-state index contributed by atoms with van der Waals surface area (Å²) < 4.78 is 13.4. The molecule has 1 fully saturated rings. The van der Waals surface area contributed by atoms with Crippen LogP contribution in [0.3, 0.4) is 0 Å². The molecule has 5 nitrogen and oxygen atoms in total. The first-order valence-electron chi connectivity index (χ1n) is 7.62. The Morgan fingerprint density at radius 1 is 1.52 bits per heavy atom. The van der Waals surface area contributed by atoms with E-state index in [1.807, 2.05) is 18.2 Å². The quantitative estimate of drug-likeness (QED) is 0.552. The summed E-state index contributed by atoms with van der Waals surface area (Å²) in [5, 5.41) is 1.36. The van der Waals surface area contributed by atoms with Gasteiger partial charge in [0.2, 0.25) is 0 Å². The molecule has 0 N–H and O–H groups in total. The van der Waals surface area contributed by atoms with Gasteiger partial charge in [0.1, 0.15) is 0 Å². The third-order valence-corrected chi connectivity index (χ3v) is 5.42. The Kier molecular flexibility index (Phi) is 5.74. The molecule has 0 bridgehead atoms. The van der Waals surface area contributed by atoms with Crippen molar-refractivity contribution in [2.24, 2.45) is 0 Å². The molecule has 0 amide bonds. The van der Waals surface area contributed by atoms with Gasteiger partial charge in [-0.2, -0.15) is 0 Å². The van der Waals surface area contributed by atoms with Crippen LogP contribution in [0.25, 0.3) is 10.9 Å². The van der Waals surface area contributed by atoms with Crippen LogP contribution >= 0.6 is 27.7 Å². The molecule has 1 saturated heterocycles. The molecule has 1 atom stereocenters. The summed E-state index contributed by atoms with van der Waals surface area (Å²) in [5.41, 5.74) is 0.699. The van der Waals surface area contributed by atoms with Crippen molar-refractivity contribution in [3.63, 3.8) is 0 Å². The number of aromatic nitrogens is 2. The molecule has 0 aliphatic carbocycles. The second-order valence-corrected chi connectivity index (χ2v) is 7.35. The lowest BCUT2D eigenvalue weighted by molar-refractivity contribution is 0.128. The van der Waals surface area contributed by atoms with Gasteiger partial charge in [0.05, 0.1) is 30.2 Å². The van der Waals surface area contributed by atoms with Crippen molar-refractivity contribution in [1.82, 2.24) is 9.55 Å². The number of hydrogen-bond donors (Lipinski definition) is 0. The van der Waals surface area contributed by atoms with E-state index in [2.05, 4.69) is 20.9 Å². The number of fused-ring (bicyclic) bond motifs is 1. The molecule has 0 spiro atoms. The molecule has 1 aliphatic heterocycles. The van der Waals surface area contributed by atoms with Crippen LogP contribution in [0.4, 0.5) is 0 Å². The zero-order valence-corrected chi connectivity index (χ0v) is 15.4. The van der Waals surface area contributed by atoms with Crippen molar-refractivity contribution in [2.45, 2.75) is 30.6 Å². The number of hydrogen-bond acceptors (Lipinski definition) is 5. The Balaban J connectivity index is 1.95.